The van der Waals surface area contributed by atoms with Gasteiger partial charge in [0.15, 0.2) is 0 Å². The number of halogens is 1. The largest absolute Gasteiger partial charge is 0.345 e. The lowest BCUT2D eigenvalue weighted by Gasteiger charge is -2.35. The Hall–Kier alpha value is -2.37. The highest BCUT2D eigenvalue weighted by Gasteiger charge is 2.26. The van der Waals surface area contributed by atoms with Crippen molar-refractivity contribution in [3.8, 4) is 0 Å². The number of hydrogen-bond acceptors (Lipinski definition) is 3. The van der Waals surface area contributed by atoms with Crippen LogP contribution in [0.5, 0.6) is 0 Å². The van der Waals surface area contributed by atoms with Gasteiger partial charge in [-0.1, -0.05) is 48.5 Å². The molecule has 2 N–H and O–H groups in total. The number of rotatable bonds is 5. The molecule has 27 heavy (non-hydrogen) atoms. The first-order valence-corrected chi connectivity index (χ1v) is 9.06. The van der Waals surface area contributed by atoms with E-state index in [-0.39, 0.29) is 42.7 Å². The Balaban J connectivity index is 0.00000261. The van der Waals surface area contributed by atoms with Gasteiger partial charge in [0.2, 0.25) is 5.91 Å². The van der Waals surface area contributed by atoms with Crippen molar-refractivity contribution in [1.82, 2.24) is 15.5 Å². The minimum absolute atomic E-state index is 0. The molecule has 0 saturated carbocycles. The molecule has 1 saturated heterocycles. The monoisotopic (exact) mass is 387 g/mol. The van der Waals surface area contributed by atoms with Crippen molar-refractivity contribution < 1.29 is 9.59 Å². The zero-order valence-electron chi connectivity index (χ0n) is 15.4. The van der Waals surface area contributed by atoms with Crippen LogP contribution in [0, 0.1) is 0 Å². The van der Waals surface area contributed by atoms with E-state index in [2.05, 4.69) is 10.6 Å². The molecule has 1 aliphatic heterocycles. The van der Waals surface area contributed by atoms with Crippen LogP contribution in [0.15, 0.2) is 60.7 Å². The van der Waals surface area contributed by atoms with Crippen LogP contribution in [-0.2, 0) is 4.79 Å². The van der Waals surface area contributed by atoms with E-state index in [0.717, 1.165) is 18.7 Å². The summed E-state index contributed by atoms with van der Waals surface area (Å²) in [6.07, 6.45) is 0.257. The number of carbonyl (C=O) groups is 2. The van der Waals surface area contributed by atoms with Crippen LogP contribution in [0.2, 0.25) is 0 Å². The van der Waals surface area contributed by atoms with E-state index in [1.165, 1.54) is 0 Å². The summed E-state index contributed by atoms with van der Waals surface area (Å²) in [6.45, 7) is 4.36. The van der Waals surface area contributed by atoms with Gasteiger partial charge in [-0.05, 0) is 24.6 Å². The molecule has 2 aromatic rings. The van der Waals surface area contributed by atoms with Crippen LogP contribution < -0.4 is 10.6 Å². The van der Waals surface area contributed by atoms with Crippen molar-refractivity contribution in [2.45, 2.75) is 25.4 Å². The van der Waals surface area contributed by atoms with Crippen molar-refractivity contribution >= 4 is 24.2 Å². The van der Waals surface area contributed by atoms with Crippen molar-refractivity contribution in [3.05, 3.63) is 71.8 Å². The fourth-order valence-electron chi connectivity index (χ4n) is 3.27. The predicted octanol–water partition coefficient (Wildman–Crippen LogP) is 2.79. The molecule has 2 aromatic carbocycles. The zero-order valence-corrected chi connectivity index (χ0v) is 16.2. The maximum Gasteiger partial charge on any atom is 0.251 e. The maximum absolute atomic E-state index is 12.9. The smallest absolute Gasteiger partial charge is 0.251 e. The first-order valence-electron chi connectivity index (χ1n) is 9.06. The first kappa shape index (κ1) is 20.9. The van der Waals surface area contributed by atoms with Gasteiger partial charge in [-0.25, -0.2) is 0 Å². The molecule has 1 aliphatic rings. The van der Waals surface area contributed by atoms with E-state index in [0.29, 0.717) is 12.1 Å². The number of hydrogen-bond donors (Lipinski definition) is 2. The molecule has 2 amide bonds. The Morgan fingerprint density at radius 3 is 2.37 bits per heavy atom. The number of benzene rings is 2. The molecular formula is C21H26ClN3O2. The molecule has 0 radical (unpaired) electrons. The Morgan fingerprint density at radius 2 is 1.74 bits per heavy atom. The van der Waals surface area contributed by atoms with Crippen molar-refractivity contribution in [1.29, 1.82) is 0 Å². The van der Waals surface area contributed by atoms with Gasteiger partial charge in [-0.2, -0.15) is 0 Å². The summed E-state index contributed by atoms with van der Waals surface area (Å²) < 4.78 is 0. The van der Waals surface area contributed by atoms with Crippen LogP contribution in [0.1, 0.15) is 35.3 Å². The number of nitrogens with one attached hydrogen (secondary N) is 2. The summed E-state index contributed by atoms with van der Waals surface area (Å²) in [6, 6.07) is 18.6. The van der Waals surface area contributed by atoms with Crippen molar-refractivity contribution in [2.24, 2.45) is 0 Å². The summed E-state index contributed by atoms with van der Waals surface area (Å²) in [7, 11) is 0. The highest BCUT2D eigenvalue weighted by molar-refractivity contribution is 5.94. The van der Waals surface area contributed by atoms with Gasteiger partial charge < -0.3 is 15.5 Å². The zero-order chi connectivity index (χ0) is 18.4. The third-order valence-corrected chi connectivity index (χ3v) is 4.74. The van der Waals surface area contributed by atoms with Gasteiger partial charge in [0.1, 0.15) is 0 Å². The lowest BCUT2D eigenvalue weighted by Crippen LogP contribution is -2.52. The fourth-order valence-corrected chi connectivity index (χ4v) is 3.27. The molecule has 0 aliphatic carbocycles. The minimum Gasteiger partial charge on any atom is -0.345 e. The molecule has 0 spiro atoms. The average molecular weight is 388 g/mol. The molecule has 1 heterocycles. The van der Waals surface area contributed by atoms with Crippen molar-refractivity contribution in [2.75, 3.05) is 19.6 Å². The van der Waals surface area contributed by atoms with Gasteiger partial charge in [0.25, 0.3) is 5.91 Å². The molecule has 2 unspecified atom stereocenters. The molecular weight excluding hydrogens is 362 g/mol. The van der Waals surface area contributed by atoms with E-state index >= 15 is 0 Å². The molecule has 6 heteroatoms. The third-order valence-electron chi connectivity index (χ3n) is 4.74. The van der Waals surface area contributed by atoms with Crippen LogP contribution in [-0.4, -0.2) is 42.4 Å². The second-order valence-electron chi connectivity index (χ2n) is 6.65. The second-order valence-corrected chi connectivity index (χ2v) is 6.65. The second kappa shape index (κ2) is 10.1. The summed E-state index contributed by atoms with van der Waals surface area (Å²) in [4.78, 5) is 27.4. The van der Waals surface area contributed by atoms with E-state index in [4.69, 9.17) is 0 Å². The molecule has 0 aromatic heterocycles. The molecule has 144 valence electrons. The highest BCUT2D eigenvalue weighted by Crippen LogP contribution is 2.20. The quantitative estimate of drug-likeness (QED) is 0.829. The van der Waals surface area contributed by atoms with Crippen LogP contribution in [0.25, 0.3) is 0 Å². The molecule has 3 rings (SSSR count). The van der Waals surface area contributed by atoms with Crippen LogP contribution >= 0.6 is 12.4 Å². The molecule has 5 nitrogen and oxygen atoms in total. The lowest BCUT2D eigenvalue weighted by molar-refractivity contribution is -0.134. The number of carbonyl (C=O) groups excluding carboxylic acids is 2. The molecule has 1 fully saturated rings. The standard InChI is InChI=1S/C21H25N3O2.ClH/c1-16-15-22-12-13-24(16)20(25)14-19(17-8-4-2-5-9-17)23-21(26)18-10-6-3-7-11-18;/h2-11,16,19,22H,12-15H2,1H3,(H,23,26);1H. The van der Waals surface area contributed by atoms with Crippen LogP contribution in [0.3, 0.4) is 0 Å². The number of nitrogens with zero attached hydrogens (tertiary/aromatic N) is 1. The Labute approximate surface area is 166 Å². The van der Waals surface area contributed by atoms with E-state index in [9.17, 15) is 9.59 Å². The van der Waals surface area contributed by atoms with E-state index in [1.807, 2.05) is 60.4 Å². The summed E-state index contributed by atoms with van der Waals surface area (Å²) in [5.74, 6) is -0.0955. The first-order chi connectivity index (χ1) is 12.6. The van der Waals surface area contributed by atoms with Crippen LogP contribution in [0.4, 0.5) is 0 Å². The SMILES string of the molecule is CC1CNCCN1C(=O)CC(NC(=O)c1ccccc1)c1ccccc1.Cl. The van der Waals surface area contributed by atoms with E-state index < -0.39 is 0 Å². The number of piperazine rings is 1. The van der Waals surface area contributed by atoms with E-state index in [1.54, 1.807) is 12.1 Å². The normalized spacial score (nSPS) is 17.5. The molecule has 0 bridgehead atoms. The Kier molecular flexibility index (Phi) is 7.82. The van der Waals surface area contributed by atoms with Gasteiger partial charge in [-0.15, -0.1) is 12.4 Å². The Morgan fingerprint density at radius 1 is 1.11 bits per heavy atom. The predicted molar refractivity (Wildman–Crippen MR) is 109 cm³/mol. The fraction of sp³-hybridized carbons (Fsp3) is 0.333. The Bertz CT molecular complexity index is 740. The summed E-state index contributed by atoms with van der Waals surface area (Å²) in [5.41, 5.74) is 1.53. The number of amides is 2. The average Bonchev–Trinajstić information content (AvgIpc) is 2.69. The van der Waals surface area contributed by atoms with Gasteiger partial charge in [0.05, 0.1) is 12.5 Å². The highest BCUT2D eigenvalue weighted by atomic mass is 35.5. The maximum atomic E-state index is 12.9. The summed E-state index contributed by atoms with van der Waals surface area (Å²) >= 11 is 0. The minimum atomic E-state index is -0.349. The summed E-state index contributed by atoms with van der Waals surface area (Å²) in [5, 5.41) is 6.33. The third kappa shape index (κ3) is 5.55. The van der Waals surface area contributed by atoms with Gasteiger partial charge >= 0.3 is 0 Å². The lowest BCUT2D eigenvalue weighted by atomic mass is 10.0. The molecule has 2 atom stereocenters. The van der Waals surface area contributed by atoms with Crippen molar-refractivity contribution in [3.63, 3.8) is 0 Å². The van der Waals surface area contributed by atoms with Gasteiger partial charge in [0, 0.05) is 31.2 Å². The topological polar surface area (TPSA) is 61.4 Å². The van der Waals surface area contributed by atoms with Gasteiger partial charge in [-0.3, -0.25) is 9.59 Å².